The third-order valence-corrected chi connectivity index (χ3v) is 3.34. The van der Waals surface area contributed by atoms with Gasteiger partial charge in [-0.15, -0.1) is 0 Å². The van der Waals surface area contributed by atoms with Crippen LogP contribution in [0.5, 0.6) is 0 Å². The fourth-order valence-electron chi connectivity index (χ4n) is 2.07. The number of aromatic nitrogens is 2. The molecule has 130 valence electrons. The van der Waals surface area contributed by atoms with Crippen molar-refractivity contribution in [1.29, 1.82) is 0 Å². The number of hydrogen-bond acceptors (Lipinski definition) is 5. The van der Waals surface area contributed by atoms with E-state index in [1.54, 1.807) is 12.3 Å². The first-order valence-electron chi connectivity index (χ1n) is 7.26. The molecule has 0 radical (unpaired) electrons. The molecular formula is C16H18F3N3O2. The van der Waals surface area contributed by atoms with E-state index in [1.807, 2.05) is 0 Å². The van der Waals surface area contributed by atoms with Crippen LogP contribution in [0.3, 0.4) is 0 Å². The summed E-state index contributed by atoms with van der Waals surface area (Å²) in [5.74, 6) is 0.343. The number of methoxy groups -OCH3 is 1. The Kier molecular flexibility index (Phi) is 6.24. The summed E-state index contributed by atoms with van der Waals surface area (Å²) in [7, 11) is 1.54. The van der Waals surface area contributed by atoms with Crippen LogP contribution in [0, 0.1) is 0 Å². The van der Waals surface area contributed by atoms with Crippen molar-refractivity contribution < 1.29 is 23.0 Å². The van der Waals surface area contributed by atoms with Crippen LogP contribution in [-0.2, 0) is 17.5 Å². The van der Waals surface area contributed by atoms with Crippen LogP contribution in [0.15, 0.2) is 36.5 Å². The highest BCUT2D eigenvalue weighted by Gasteiger charge is 2.30. The Morgan fingerprint density at radius 2 is 1.92 bits per heavy atom. The zero-order valence-corrected chi connectivity index (χ0v) is 13.0. The lowest BCUT2D eigenvalue weighted by molar-refractivity contribution is -0.137. The Bertz CT molecular complexity index is 648. The van der Waals surface area contributed by atoms with E-state index in [9.17, 15) is 18.3 Å². The fraction of sp³-hybridized carbons (Fsp3) is 0.375. The van der Waals surface area contributed by atoms with Crippen molar-refractivity contribution in [1.82, 2.24) is 15.3 Å². The highest BCUT2D eigenvalue weighted by Crippen LogP contribution is 2.30. The second kappa shape index (κ2) is 8.18. The van der Waals surface area contributed by atoms with Gasteiger partial charge in [-0.2, -0.15) is 13.2 Å². The maximum absolute atomic E-state index is 12.6. The van der Waals surface area contributed by atoms with Gasteiger partial charge in [-0.05, 0) is 18.2 Å². The van der Waals surface area contributed by atoms with Crippen molar-refractivity contribution in [2.24, 2.45) is 0 Å². The van der Waals surface area contributed by atoms with Crippen LogP contribution in [0.1, 0.15) is 11.3 Å². The van der Waals surface area contributed by atoms with Gasteiger partial charge in [0.05, 0.1) is 30.5 Å². The summed E-state index contributed by atoms with van der Waals surface area (Å²) in [6, 6.07) is 6.17. The van der Waals surface area contributed by atoms with Crippen molar-refractivity contribution in [2.75, 3.05) is 20.3 Å². The van der Waals surface area contributed by atoms with Gasteiger partial charge in [0.1, 0.15) is 0 Å². The largest absolute Gasteiger partial charge is 0.416 e. The van der Waals surface area contributed by atoms with E-state index in [0.717, 1.165) is 12.1 Å². The molecule has 1 aromatic carbocycles. The number of rotatable bonds is 7. The van der Waals surface area contributed by atoms with Gasteiger partial charge in [-0.25, -0.2) is 9.97 Å². The first kappa shape index (κ1) is 18.3. The van der Waals surface area contributed by atoms with E-state index in [4.69, 9.17) is 4.74 Å². The summed E-state index contributed by atoms with van der Waals surface area (Å²) >= 11 is 0. The minimum absolute atomic E-state index is 0.0787. The average Bonchev–Trinajstić information content (AvgIpc) is 2.58. The molecule has 0 aliphatic rings. The molecule has 1 aromatic heterocycles. The molecule has 0 aliphatic carbocycles. The Balaban J connectivity index is 2.09. The van der Waals surface area contributed by atoms with Crippen molar-refractivity contribution >= 4 is 0 Å². The molecule has 0 amide bonds. The van der Waals surface area contributed by atoms with E-state index < -0.39 is 11.7 Å². The molecule has 0 aliphatic heterocycles. The molecule has 0 bridgehead atoms. The standard InChI is InChI=1S/C16H18F3N3O2/c1-24-10-14(9-23)21-8-13-6-7-20-15(22-13)11-2-4-12(5-3-11)16(17,18)19/h2-7,14,21,23H,8-10H2,1H3. The van der Waals surface area contributed by atoms with Gasteiger partial charge in [0.2, 0.25) is 0 Å². The second-order valence-corrected chi connectivity index (χ2v) is 5.16. The number of nitrogens with zero attached hydrogens (tertiary/aromatic N) is 2. The maximum Gasteiger partial charge on any atom is 0.416 e. The van der Waals surface area contributed by atoms with Gasteiger partial charge in [0.15, 0.2) is 5.82 Å². The summed E-state index contributed by atoms with van der Waals surface area (Å²) < 4.78 is 42.7. The number of halogens is 3. The Morgan fingerprint density at radius 1 is 1.21 bits per heavy atom. The lowest BCUT2D eigenvalue weighted by Gasteiger charge is -2.15. The van der Waals surface area contributed by atoms with E-state index in [-0.39, 0.29) is 12.6 Å². The minimum atomic E-state index is -4.37. The summed E-state index contributed by atoms with van der Waals surface area (Å²) in [6.07, 6.45) is -2.83. The first-order valence-corrected chi connectivity index (χ1v) is 7.26. The van der Waals surface area contributed by atoms with Crippen molar-refractivity contribution in [3.8, 4) is 11.4 Å². The molecule has 24 heavy (non-hydrogen) atoms. The molecule has 0 spiro atoms. The molecule has 5 nitrogen and oxygen atoms in total. The molecule has 2 aromatic rings. The van der Waals surface area contributed by atoms with Crippen molar-refractivity contribution in [3.05, 3.63) is 47.8 Å². The minimum Gasteiger partial charge on any atom is -0.395 e. The SMILES string of the molecule is COCC(CO)NCc1ccnc(-c2ccc(C(F)(F)F)cc2)n1. The zero-order valence-electron chi connectivity index (χ0n) is 13.0. The number of ether oxygens (including phenoxy) is 1. The molecular weight excluding hydrogens is 323 g/mol. The number of benzene rings is 1. The van der Waals surface area contributed by atoms with Crippen molar-refractivity contribution in [3.63, 3.8) is 0 Å². The van der Waals surface area contributed by atoms with Crippen LogP contribution in [0.4, 0.5) is 13.2 Å². The van der Waals surface area contributed by atoms with E-state index >= 15 is 0 Å². The molecule has 0 fully saturated rings. The molecule has 8 heteroatoms. The zero-order chi connectivity index (χ0) is 17.6. The number of alkyl halides is 3. The van der Waals surface area contributed by atoms with E-state index in [2.05, 4.69) is 15.3 Å². The first-order chi connectivity index (χ1) is 11.4. The van der Waals surface area contributed by atoms with E-state index in [0.29, 0.717) is 30.2 Å². The lowest BCUT2D eigenvalue weighted by atomic mass is 10.1. The smallest absolute Gasteiger partial charge is 0.395 e. The normalized spacial score (nSPS) is 13.0. The number of hydrogen-bond donors (Lipinski definition) is 2. The topological polar surface area (TPSA) is 67.3 Å². The molecule has 0 saturated heterocycles. The van der Waals surface area contributed by atoms with Crippen LogP contribution < -0.4 is 5.32 Å². The molecule has 1 unspecified atom stereocenters. The highest BCUT2D eigenvalue weighted by molar-refractivity contribution is 5.55. The predicted octanol–water partition coefficient (Wildman–Crippen LogP) is 2.26. The summed E-state index contributed by atoms with van der Waals surface area (Å²) in [4.78, 5) is 8.41. The van der Waals surface area contributed by atoms with Crippen LogP contribution in [-0.4, -0.2) is 41.4 Å². The average molecular weight is 341 g/mol. The lowest BCUT2D eigenvalue weighted by Crippen LogP contribution is -2.36. The summed E-state index contributed by atoms with van der Waals surface area (Å²) in [5.41, 5.74) is 0.448. The third kappa shape index (κ3) is 4.98. The Morgan fingerprint density at radius 3 is 2.50 bits per heavy atom. The molecule has 2 N–H and O–H groups in total. The van der Waals surface area contributed by atoms with Gasteiger partial charge >= 0.3 is 6.18 Å². The molecule has 1 heterocycles. The van der Waals surface area contributed by atoms with Crippen LogP contribution in [0.2, 0.25) is 0 Å². The Hall–Kier alpha value is -2.03. The second-order valence-electron chi connectivity index (χ2n) is 5.16. The highest BCUT2D eigenvalue weighted by atomic mass is 19.4. The van der Waals surface area contributed by atoms with Crippen molar-refractivity contribution in [2.45, 2.75) is 18.8 Å². The summed E-state index contributed by atoms with van der Waals surface area (Å²) in [6.45, 7) is 0.656. The Labute approximate surface area is 137 Å². The van der Waals surface area contributed by atoms with Crippen LogP contribution in [0.25, 0.3) is 11.4 Å². The monoisotopic (exact) mass is 341 g/mol. The molecule has 2 rings (SSSR count). The van der Waals surface area contributed by atoms with E-state index in [1.165, 1.54) is 19.2 Å². The molecule has 1 atom stereocenters. The molecule has 0 saturated carbocycles. The van der Waals surface area contributed by atoms with Gasteiger partial charge in [0.25, 0.3) is 0 Å². The number of aliphatic hydroxyl groups excluding tert-OH is 1. The predicted molar refractivity (Wildman–Crippen MR) is 82.1 cm³/mol. The van der Waals surface area contributed by atoms with Gasteiger partial charge in [-0.3, -0.25) is 0 Å². The van der Waals surface area contributed by atoms with Gasteiger partial charge in [0, 0.05) is 25.4 Å². The number of aliphatic hydroxyl groups is 1. The summed E-state index contributed by atoms with van der Waals surface area (Å²) in [5, 5.41) is 12.3. The fourth-order valence-corrected chi connectivity index (χ4v) is 2.07. The quantitative estimate of drug-likeness (QED) is 0.809. The van der Waals surface area contributed by atoms with Gasteiger partial charge < -0.3 is 15.2 Å². The maximum atomic E-state index is 12.6. The van der Waals surface area contributed by atoms with Gasteiger partial charge in [-0.1, -0.05) is 12.1 Å². The third-order valence-electron chi connectivity index (χ3n) is 3.34. The van der Waals surface area contributed by atoms with Crippen LogP contribution >= 0.6 is 0 Å². The number of nitrogens with one attached hydrogen (secondary N) is 1.